The highest BCUT2D eigenvalue weighted by Gasteiger charge is 2.18. The van der Waals surface area contributed by atoms with Crippen LogP contribution in [0.2, 0.25) is 19.6 Å². The summed E-state index contributed by atoms with van der Waals surface area (Å²) in [6.45, 7) is 8.28. The largest absolute Gasteiger partial charge is 0.399 e. The van der Waals surface area contributed by atoms with Crippen molar-refractivity contribution in [3.8, 4) is 6.07 Å². The minimum atomic E-state index is -1.57. The molecule has 68 valence electrons. The summed E-state index contributed by atoms with van der Waals surface area (Å²) in [5.41, 5.74) is 0. The van der Waals surface area contributed by atoms with Gasteiger partial charge < -0.3 is 4.43 Å². The predicted octanol–water partition coefficient (Wildman–Crippen LogP) is 2.70. The molecule has 0 amide bonds. The quantitative estimate of drug-likeness (QED) is 0.496. The molecule has 1 atom stereocenters. The number of hydrogen-bond donors (Lipinski definition) is 0. The molecule has 0 aliphatic rings. The Hall–Kier alpha value is -0.593. The fraction of sp³-hybridized carbons (Fsp3) is 0.667. The molecule has 0 spiro atoms. The molecule has 0 rings (SSSR count). The average Bonchev–Trinajstić information content (AvgIpc) is 1.95. The molecule has 0 N–H and O–H groups in total. The van der Waals surface area contributed by atoms with Gasteiger partial charge >= 0.3 is 0 Å². The van der Waals surface area contributed by atoms with Crippen molar-refractivity contribution in [3.63, 3.8) is 0 Å². The molecule has 0 aliphatic carbocycles. The first-order valence-corrected chi connectivity index (χ1v) is 7.64. The van der Waals surface area contributed by atoms with Gasteiger partial charge in [0.1, 0.15) is 0 Å². The van der Waals surface area contributed by atoms with Crippen molar-refractivity contribution >= 4 is 8.32 Å². The van der Waals surface area contributed by atoms with E-state index in [-0.39, 0.29) is 6.10 Å². The zero-order valence-corrected chi connectivity index (χ0v) is 9.29. The van der Waals surface area contributed by atoms with Crippen LogP contribution in [0.1, 0.15) is 13.3 Å². The number of allylic oxidation sites excluding steroid dienone is 1. The fourth-order valence-electron chi connectivity index (χ4n) is 0.749. The Balaban J connectivity index is 4.03. The van der Waals surface area contributed by atoms with E-state index >= 15 is 0 Å². The van der Waals surface area contributed by atoms with Crippen LogP contribution < -0.4 is 0 Å². The lowest BCUT2D eigenvalue weighted by Gasteiger charge is -2.19. The lowest BCUT2D eigenvalue weighted by Crippen LogP contribution is -2.30. The summed E-state index contributed by atoms with van der Waals surface area (Å²) in [6.07, 6.45) is 4.40. The predicted molar refractivity (Wildman–Crippen MR) is 53.3 cm³/mol. The Morgan fingerprint density at radius 1 is 1.50 bits per heavy atom. The fourth-order valence-corrected chi connectivity index (χ4v) is 1.64. The molecule has 0 aromatic carbocycles. The lowest BCUT2D eigenvalue weighted by molar-refractivity contribution is 0.295. The van der Waals surface area contributed by atoms with Gasteiger partial charge in [0.05, 0.1) is 6.07 Å². The molecule has 0 fully saturated rings. The van der Waals surface area contributed by atoms with Gasteiger partial charge in [0.15, 0.2) is 14.4 Å². The molecule has 1 unspecified atom stereocenters. The van der Waals surface area contributed by atoms with Crippen LogP contribution in [-0.2, 0) is 4.43 Å². The van der Waals surface area contributed by atoms with Crippen molar-refractivity contribution in [2.24, 2.45) is 0 Å². The van der Waals surface area contributed by atoms with Gasteiger partial charge in [0.25, 0.3) is 0 Å². The van der Waals surface area contributed by atoms with Gasteiger partial charge in [-0.1, -0.05) is 13.0 Å². The molecule has 0 saturated heterocycles. The molecular formula is C9H17NOSi. The van der Waals surface area contributed by atoms with Crippen molar-refractivity contribution in [2.45, 2.75) is 39.1 Å². The SMILES string of the molecule is CC/C=C/C(C#N)O[Si](C)(C)C. The first-order valence-electron chi connectivity index (χ1n) is 4.23. The van der Waals surface area contributed by atoms with E-state index in [9.17, 15) is 0 Å². The van der Waals surface area contributed by atoms with Gasteiger partial charge in [-0.05, 0) is 32.1 Å². The summed E-state index contributed by atoms with van der Waals surface area (Å²) < 4.78 is 5.58. The molecular weight excluding hydrogens is 166 g/mol. The molecule has 0 saturated carbocycles. The third kappa shape index (κ3) is 6.14. The highest BCUT2D eigenvalue weighted by atomic mass is 28.4. The molecule has 0 radical (unpaired) electrons. The summed E-state index contributed by atoms with van der Waals surface area (Å²) in [7, 11) is -1.57. The third-order valence-electron chi connectivity index (χ3n) is 1.15. The lowest BCUT2D eigenvalue weighted by atomic mass is 10.3. The molecule has 3 heteroatoms. The van der Waals surface area contributed by atoms with Crippen LogP contribution in [-0.4, -0.2) is 14.4 Å². The summed E-state index contributed by atoms with van der Waals surface area (Å²) in [4.78, 5) is 0. The highest BCUT2D eigenvalue weighted by Crippen LogP contribution is 2.07. The van der Waals surface area contributed by atoms with Gasteiger partial charge in [-0.25, -0.2) is 0 Å². The monoisotopic (exact) mass is 183 g/mol. The minimum Gasteiger partial charge on any atom is -0.399 e. The topological polar surface area (TPSA) is 33.0 Å². The van der Waals surface area contributed by atoms with Crippen LogP contribution >= 0.6 is 0 Å². The number of nitriles is 1. The maximum atomic E-state index is 8.71. The maximum absolute atomic E-state index is 8.71. The van der Waals surface area contributed by atoms with E-state index in [0.717, 1.165) is 6.42 Å². The molecule has 0 heterocycles. The van der Waals surface area contributed by atoms with Gasteiger partial charge in [0, 0.05) is 0 Å². The Labute approximate surface area is 76.0 Å². The Kier molecular flexibility index (Phi) is 4.87. The number of hydrogen-bond acceptors (Lipinski definition) is 2. The van der Waals surface area contributed by atoms with Gasteiger partial charge in [-0.3, -0.25) is 0 Å². The summed E-state index contributed by atoms with van der Waals surface area (Å²) in [6, 6.07) is 2.12. The number of rotatable bonds is 4. The number of nitrogens with zero attached hydrogens (tertiary/aromatic N) is 1. The van der Waals surface area contributed by atoms with E-state index in [1.807, 2.05) is 19.1 Å². The molecule has 0 aromatic heterocycles. The van der Waals surface area contributed by atoms with E-state index < -0.39 is 8.32 Å². The van der Waals surface area contributed by atoms with Gasteiger partial charge in [-0.15, -0.1) is 0 Å². The standard InChI is InChI=1S/C9H17NOSi/c1-5-6-7-9(8-10)11-12(2,3)4/h6-7,9H,5H2,1-4H3/b7-6+. The first kappa shape index (κ1) is 11.4. The molecule has 12 heavy (non-hydrogen) atoms. The second-order valence-corrected chi connectivity index (χ2v) is 8.08. The molecule has 2 nitrogen and oxygen atoms in total. The second-order valence-electron chi connectivity index (χ2n) is 3.62. The zero-order chi connectivity index (χ0) is 9.61. The molecule has 0 aromatic rings. The van der Waals surface area contributed by atoms with E-state index in [1.165, 1.54) is 0 Å². The van der Waals surface area contributed by atoms with E-state index in [1.54, 1.807) is 0 Å². The van der Waals surface area contributed by atoms with Crippen LogP contribution in [0.5, 0.6) is 0 Å². The Bertz CT molecular complexity index is 188. The second kappa shape index (κ2) is 5.12. The summed E-state index contributed by atoms with van der Waals surface area (Å²) >= 11 is 0. The normalized spacial score (nSPS) is 14.6. The van der Waals surface area contributed by atoms with Crippen molar-refractivity contribution < 1.29 is 4.43 Å². The van der Waals surface area contributed by atoms with Gasteiger partial charge in [0.2, 0.25) is 0 Å². The van der Waals surface area contributed by atoms with Crippen LogP contribution in [0.15, 0.2) is 12.2 Å². The molecule has 0 bridgehead atoms. The highest BCUT2D eigenvalue weighted by molar-refractivity contribution is 6.69. The van der Waals surface area contributed by atoms with E-state index in [0.29, 0.717) is 0 Å². The van der Waals surface area contributed by atoms with Crippen LogP contribution in [0, 0.1) is 11.3 Å². The Morgan fingerprint density at radius 2 is 2.08 bits per heavy atom. The smallest absolute Gasteiger partial charge is 0.185 e. The van der Waals surface area contributed by atoms with Crippen LogP contribution in [0.3, 0.4) is 0 Å². The third-order valence-corrected chi connectivity index (χ3v) is 2.12. The minimum absolute atomic E-state index is 0.350. The average molecular weight is 183 g/mol. The maximum Gasteiger partial charge on any atom is 0.185 e. The first-order chi connectivity index (χ1) is 5.49. The van der Waals surface area contributed by atoms with E-state index in [4.69, 9.17) is 9.69 Å². The van der Waals surface area contributed by atoms with E-state index in [2.05, 4.69) is 25.7 Å². The van der Waals surface area contributed by atoms with Crippen molar-refractivity contribution in [3.05, 3.63) is 12.2 Å². The van der Waals surface area contributed by atoms with Crippen LogP contribution in [0.25, 0.3) is 0 Å². The molecule has 0 aliphatic heterocycles. The van der Waals surface area contributed by atoms with Crippen molar-refractivity contribution in [1.29, 1.82) is 5.26 Å². The Morgan fingerprint density at radius 3 is 2.42 bits per heavy atom. The summed E-state index contributed by atoms with van der Waals surface area (Å²) in [5, 5.41) is 8.71. The van der Waals surface area contributed by atoms with Crippen LogP contribution in [0.4, 0.5) is 0 Å². The van der Waals surface area contributed by atoms with Gasteiger partial charge in [-0.2, -0.15) is 5.26 Å². The summed E-state index contributed by atoms with van der Waals surface area (Å²) in [5.74, 6) is 0. The van der Waals surface area contributed by atoms with Crippen molar-refractivity contribution in [1.82, 2.24) is 0 Å². The zero-order valence-electron chi connectivity index (χ0n) is 8.29. The van der Waals surface area contributed by atoms with Crippen molar-refractivity contribution in [2.75, 3.05) is 0 Å².